The zero-order valence-corrected chi connectivity index (χ0v) is 11.5. The topological polar surface area (TPSA) is 20.3 Å². The molecule has 1 heterocycles. The zero-order valence-electron chi connectivity index (χ0n) is 11.5. The molecule has 0 bridgehead atoms. The average Bonchev–Trinajstić information content (AvgIpc) is 2.61. The van der Waals surface area contributed by atoms with Gasteiger partial charge in [0.05, 0.1) is 6.54 Å². The number of hydrogen-bond donors (Lipinski definition) is 0. The minimum atomic E-state index is 0.276. The van der Waals surface area contributed by atoms with Crippen molar-refractivity contribution in [1.82, 2.24) is 4.90 Å². The molecule has 1 aliphatic heterocycles. The quantitative estimate of drug-likeness (QED) is 0.761. The molecule has 0 unspecified atom stereocenters. The Morgan fingerprint density at radius 1 is 1.11 bits per heavy atom. The van der Waals surface area contributed by atoms with E-state index in [4.69, 9.17) is 0 Å². The number of carbonyl (C=O) groups is 1. The van der Waals surface area contributed by atoms with Crippen molar-refractivity contribution >= 4 is 5.78 Å². The highest BCUT2D eigenvalue weighted by atomic mass is 16.1. The SMILES string of the molecule is Cc1ccc(C)c(C(=O)CN2CCCCCC2)c1. The number of rotatable bonds is 3. The molecule has 2 heteroatoms. The van der Waals surface area contributed by atoms with Crippen molar-refractivity contribution in [3.05, 3.63) is 34.9 Å². The second-order valence-electron chi connectivity index (χ2n) is 5.43. The van der Waals surface area contributed by atoms with Gasteiger partial charge in [0.2, 0.25) is 0 Å². The second kappa shape index (κ2) is 6.14. The summed E-state index contributed by atoms with van der Waals surface area (Å²) in [7, 11) is 0. The summed E-state index contributed by atoms with van der Waals surface area (Å²) in [6.07, 6.45) is 5.10. The van der Waals surface area contributed by atoms with E-state index in [1.54, 1.807) is 0 Å². The van der Waals surface area contributed by atoms with E-state index in [0.717, 1.165) is 24.2 Å². The van der Waals surface area contributed by atoms with Crippen LogP contribution in [-0.2, 0) is 0 Å². The van der Waals surface area contributed by atoms with Gasteiger partial charge in [0.15, 0.2) is 5.78 Å². The van der Waals surface area contributed by atoms with Crippen molar-refractivity contribution in [1.29, 1.82) is 0 Å². The predicted molar refractivity (Wildman–Crippen MR) is 75.2 cm³/mol. The summed E-state index contributed by atoms with van der Waals surface area (Å²) in [6, 6.07) is 6.14. The Bertz CT molecular complexity index is 417. The van der Waals surface area contributed by atoms with Crippen LogP contribution >= 0.6 is 0 Å². The Hall–Kier alpha value is -1.15. The number of nitrogens with zero attached hydrogens (tertiary/aromatic N) is 1. The molecule has 1 aromatic carbocycles. The first-order chi connectivity index (χ1) is 8.66. The molecule has 0 amide bonds. The molecule has 0 saturated carbocycles. The first-order valence-electron chi connectivity index (χ1n) is 6.99. The van der Waals surface area contributed by atoms with Crippen molar-refractivity contribution in [2.45, 2.75) is 39.5 Å². The van der Waals surface area contributed by atoms with Gasteiger partial charge in [-0.05, 0) is 51.4 Å². The van der Waals surface area contributed by atoms with E-state index in [2.05, 4.69) is 11.0 Å². The molecular formula is C16H23NO. The third kappa shape index (κ3) is 3.42. The number of Topliss-reactive ketones (excluding diaryl/α,β-unsaturated/α-hetero) is 1. The van der Waals surface area contributed by atoms with Crippen molar-refractivity contribution in [3.63, 3.8) is 0 Å². The molecule has 18 heavy (non-hydrogen) atoms. The molecule has 0 N–H and O–H groups in total. The maximum Gasteiger partial charge on any atom is 0.177 e. The number of benzene rings is 1. The molecule has 0 aromatic heterocycles. The van der Waals surface area contributed by atoms with Crippen LogP contribution in [0.2, 0.25) is 0 Å². The largest absolute Gasteiger partial charge is 0.296 e. The van der Waals surface area contributed by atoms with Crippen molar-refractivity contribution in [2.24, 2.45) is 0 Å². The van der Waals surface area contributed by atoms with Gasteiger partial charge in [0.1, 0.15) is 0 Å². The molecule has 1 aliphatic rings. The van der Waals surface area contributed by atoms with Crippen molar-refractivity contribution in [2.75, 3.05) is 19.6 Å². The third-order valence-corrected chi connectivity index (χ3v) is 3.76. The van der Waals surface area contributed by atoms with Gasteiger partial charge in [0.25, 0.3) is 0 Å². The molecule has 0 spiro atoms. The Kier molecular flexibility index (Phi) is 4.54. The fourth-order valence-electron chi connectivity index (χ4n) is 2.62. The van der Waals surface area contributed by atoms with Crippen LogP contribution in [0.25, 0.3) is 0 Å². The summed E-state index contributed by atoms with van der Waals surface area (Å²) in [6.45, 7) is 6.81. The lowest BCUT2D eigenvalue weighted by atomic mass is 10.0. The van der Waals surface area contributed by atoms with Crippen LogP contribution in [0.15, 0.2) is 18.2 Å². The van der Waals surface area contributed by atoms with Crippen LogP contribution in [0.3, 0.4) is 0 Å². The van der Waals surface area contributed by atoms with Gasteiger partial charge in [-0.2, -0.15) is 0 Å². The molecule has 1 saturated heterocycles. The average molecular weight is 245 g/mol. The molecule has 98 valence electrons. The van der Waals surface area contributed by atoms with E-state index in [-0.39, 0.29) is 5.78 Å². The Balaban J connectivity index is 2.04. The van der Waals surface area contributed by atoms with Gasteiger partial charge in [-0.1, -0.05) is 30.5 Å². The maximum atomic E-state index is 12.4. The summed E-state index contributed by atoms with van der Waals surface area (Å²) in [4.78, 5) is 14.7. The minimum Gasteiger partial charge on any atom is -0.296 e. The van der Waals surface area contributed by atoms with Crippen LogP contribution in [-0.4, -0.2) is 30.3 Å². The number of ketones is 1. The zero-order chi connectivity index (χ0) is 13.0. The predicted octanol–water partition coefficient (Wildman–Crippen LogP) is 3.36. The highest BCUT2D eigenvalue weighted by Crippen LogP contribution is 2.14. The van der Waals surface area contributed by atoms with E-state index in [0.29, 0.717) is 6.54 Å². The number of hydrogen-bond acceptors (Lipinski definition) is 2. The molecule has 2 nitrogen and oxygen atoms in total. The van der Waals surface area contributed by atoms with Crippen LogP contribution in [0.4, 0.5) is 0 Å². The summed E-state index contributed by atoms with van der Waals surface area (Å²) < 4.78 is 0. The Morgan fingerprint density at radius 2 is 1.78 bits per heavy atom. The minimum absolute atomic E-state index is 0.276. The number of likely N-dealkylation sites (tertiary alicyclic amines) is 1. The lowest BCUT2D eigenvalue weighted by Gasteiger charge is -2.19. The van der Waals surface area contributed by atoms with Gasteiger partial charge in [-0.3, -0.25) is 9.69 Å². The fourth-order valence-corrected chi connectivity index (χ4v) is 2.62. The van der Waals surface area contributed by atoms with E-state index in [1.165, 1.54) is 31.2 Å². The first-order valence-corrected chi connectivity index (χ1v) is 6.99. The lowest BCUT2D eigenvalue weighted by molar-refractivity contribution is 0.0932. The van der Waals surface area contributed by atoms with E-state index < -0.39 is 0 Å². The maximum absolute atomic E-state index is 12.4. The fraction of sp³-hybridized carbons (Fsp3) is 0.562. The summed E-state index contributed by atoms with van der Waals surface area (Å²) in [5.41, 5.74) is 3.17. The van der Waals surface area contributed by atoms with Crippen LogP contribution in [0.5, 0.6) is 0 Å². The summed E-state index contributed by atoms with van der Waals surface area (Å²) >= 11 is 0. The molecular weight excluding hydrogens is 222 g/mol. The van der Waals surface area contributed by atoms with Crippen molar-refractivity contribution in [3.8, 4) is 0 Å². The van der Waals surface area contributed by atoms with Gasteiger partial charge in [-0.15, -0.1) is 0 Å². The third-order valence-electron chi connectivity index (χ3n) is 3.76. The van der Waals surface area contributed by atoms with Gasteiger partial charge in [0, 0.05) is 5.56 Å². The van der Waals surface area contributed by atoms with E-state index >= 15 is 0 Å². The van der Waals surface area contributed by atoms with E-state index in [9.17, 15) is 4.79 Å². The van der Waals surface area contributed by atoms with E-state index in [1.807, 2.05) is 26.0 Å². The van der Waals surface area contributed by atoms with Crippen LogP contribution in [0.1, 0.15) is 47.2 Å². The molecule has 0 atom stereocenters. The Morgan fingerprint density at radius 3 is 2.44 bits per heavy atom. The molecule has 0 radical (unpaired) electrons. The lowest BCUT2D eigenvalue weighted by Crippen LogP contribution is -2.31. The summed E-state index contributed by atoms with van der Waals surface area (Å²) in [5.74, 6) is 0.276. The standard InChI is InChI=1S/C16H23NO/c1-13-7-8-14(2)15(11-13)16(18)12-17-9-5-3-4-6-10-17/h7-8,11H,3-6,9-10,12H2,1-2H3. The molecule has 1 aromatic rings. The summed E-state index contributed by atoms with van der Waals surface area (Å²) in [5, 5.41) is 0. The molecule has 1 fully saturated rings. The second-order valence-corrected chi connectivity index (χ2v) is 5.43. The smallest absolute Gasteiger partial charge is 0.177 e. The van der Waals surface area contributed by atoms with Crippen LogP contribution in [0, 0.1) is 13.8 Å². The first kappa shape index (κ1) is 13.3. The van der Waals surface area contributed by atoms with Crippen molar-refractivity contribution < 1.29 is 4.79 Å². The highest BCUT2D eigenvalue weighted by Gasteiger charge is 2.15. The number of carbonyl (C=O) groups excluding carboxylic acids is 1. The van der Waals surface area contributed by atoms with Crippen LogP contribution < -0.4 is 0 Å². The van der Waals surface area contributed by atoms with Gasteiger partial charge in [-0.25, -0.2) is 0 Å². The number of aryl methyl sites for hydroxylation is 2. The normalized spacial score (nSPS) is 17.4. The van der Waals surface area contributed by atoms with Gasteiger partial charge < -0.3 is 0 Å². The molecule has 2 rings (SSSR count). The molecule has 0 aliphatic carbocycles. The van der Waals surface area contributed by atoms with Gasteiger partial charge >= 0.3 is 0 Å². The Labute approximate surface area is 110 Å². The highest BCUT2D eigenvalue weighted by molar-refractivity contribution is 5.99. The monoisotopic (exact) mass is 245 g/mol.